The van der Waals surface area contributed by atoms with Crippen molar-refractivity contribution in [1.29, 1.82) is 0 Å². The standard InChI is InChI=1S/C28H25F3N2O8/c1-33(2)17-10-15(11-3-5-14(6-4-11)41-28(29,30)31)22(35)20-16(17)8-12-7-13-9-18(34)21(26(32)39)25(38)27(13,40)24(37)19(12)23(20)36/h3-6,10,12-13,35-36,38,40H,7-9H2,1-2H3,(H2,32,39). The van der Waals surface area contributed by atoms with Crippen molar-refractivity contribution in [3.63, 3.8) is 0 Å². The average Bonchev–Trinajstić information content (AvgIpc) is 2.85. The lowest BCUT2D eigenvalue weighted by molar-refractivity contribution is -0.274. The van der Waals surface area contributed by atoms with Crippen LogP contribution in [0.15, 0.2) is 47.2 Å². The largest absolute Gasteiger partial charge is 0.573 e. The molecular formula is C28H25F3N2O8. The van der Waals surface area contributed by atoms with Gasteiger partial charge in [0, 0.05) is 43.3 Å². The van der Waals surface area contributed by atoms with E-state index in [1.54, 1.807) is 25.1 Å². The van der Waals surface area contributed by atoms with E-state index in [0.29, 0.717) is 11.3 Å². The molecule has 5 rings (SSSR count). The molecule has 0 aliphatic heterocycles. The fraction of sp³-hybridized carbons (Fsp3) is 0.321. The highest BCUT2D eigenvalue weighted by Crippen LogP contribution is 2.54. The summed E-state index contributed by atoms with van der Waals surface area (Å²) in [7, 11) is 3.40. The third-order valence-corrected chi connectivity index (χ3v) is 7.92. The van der Waals surface area contributed by atoms with Gasteiger partial charge in [0.15, 0.2) is 11.4 Å². The zero-order chi connectivity index (χ0) is 30.2. The van der Waals surface area contributed by atoms with Crippen LogP contribution >= 0.6 is 0 Å². The van der Waals surface area contributed by atoms with Crippen molar-refractivity contribution in [2.45, 2.75) is 31.2 Å². The van der Waals surface area contributed by atoms with Gasteiger partial charge in [-0.2, -0.15) is 0 Å². The zero-order valence-electron chi connectivity index (χ0n) is 21.7. The molecule has 41 heavy (non-hydrogen) atoms. The molecule has 0 bridgehead atoms. The molecule has 6 N–H and O–H groups in total. The van der Waals surface area contributed by atoms with Crippen LogP contribution < -0.4 is 15.4 Å². The first-order chi connectivity index (χ1) is 19.1. The fourth-order valence-electron chi connectivity index (χ4n) is 6.12. The van der Waals surface area contributed by atoms with E-state index in [-0.39, 0.29) is 35.1 Å². The summed E-state index contributed by atoms with van der Waals surface area (Å²) in [6, 6.07) is 6.27. The maximum atomic E-state index is 13.7. The van der Waals surface area contributed by atoms with Gasteiger partial charge in [0.1, 0.15) is 28.6 Å². The number of fused-ring (bicyclic) bond motifs is 3. The number of hydrogen-bond acceptors (Lipinski definition) is 9. The van der Waals surface area contributed by atoms with E-state index >= 15 is 0 Å². The third kappa shape index (κ3) is 4.27. The molecule has 216 valence electrons. The molecule has 0 radical (unpaired) electrons. The monoisotopic (exact) mass is 574 g/mol. The summed E-state index contributed by atoms with van der Waals surface area (Å²) in [4.78, 5) is 39.8. The number of alkyl halides is 3. The SMILES string of the molecule is CN(C)c1cc(-c2ccc(OC(F)(F)F)cc2)c(O)c2c1CC1CC3CC(=O)C(C(N)=O)=C(O)C3(O)C(=O)C1=C2O. The number of nitrogens with zero attached hydrogens (tertiary/aromatic N) is 1. The number of hydrogen-bond donors (Lipinski definition) is 5. The predicted octanol–water partition coefficient (Wildman–Crippen LogP) is 3.06. The van der Waals surface area contributed by atoms with Crippen LogP contribution in [0.2, 0.25) is 0 Å². The average molecular weight is 575 g/mol. The Labute approximate surface area is 230 Å². The Morgan fingerprint density at radius 3 is 2.29 bits per heavy atom. The first kappa shape index (κ1) is 28.0. The van der Waals surface area contributed by atoms with Gasteiger partial charge in [-0.05, 0) is 48.1 Å². The number of ether oxygens (including phenoxy) is 1. The van der Waals surface area contributed by atoms with Gasteiger partial charge in [0.05, 0.1) is 5.56 Å². The Morgan fingerprint density at radius 1 is 1.10 bits per heavy atom. The first-order valence-corrected chi connectivity index (χ1v) is 12.5. The minimum absolute atomic E-state index is 0.0149. The first-order valence-electron chi connectivity index (χ1n) is 12.5. The van der Waals surface area contributed by atoms with E-state index in [9.17, 15) is 48.0 Å². The van der Waals surface area contributed by atoms with Crippen LogP contribution in [0.4, 0.5) is 18.9 Å². The number of nitrogens with two attached hydrogens (primary N) is 1. The summed E-state index contributed by atoms with van der Waals surface area (Å²) in [6.07, 6.45) is -5.24. The molecule has 3 aliphatic rings. The molecule has 1 fully saturated rings. The summed E-state index contributed by atoms with van der Waals surface area (Å²) in [5, 5.41) is 44.9. The second-order valence-corrected chi connectivity index (χ2v) is 10.5. The van der Waals surface area contributed by atoms with Gasteiger partial charge in [-0.15, -0.1) is 13.2 Å². The number of rotatable bonds is 4. The highest BCUT2D eigenvalue weighted by molar-refractivity contribution is 6.22. The quantitative estimate of drug-likeness (QED) is 0.344. The van der Waals surface area contributed by atoms with Gasteiger partial charge in [-0.25, -0.2) is 0 Å². The molecule has 3 atom stereocenters. The summed E-state index contributed by atoms with van der Waals surface area (Å²) >= 11 is 0. The summed E-state index contributed by atoms with van der Waals surface area (Å²) in [6.45, 7) is 0. The maximum Gasteiger partial charge on any atom is 0.573 e. The van der Waals surface area contributed by atoms with Crippen molar-refractivity contribution in [2.24, 2.45) is 17.6 Å². The number of anilines is 1. The molecule has 0 aromatic heterocycles. The molecule has 1 saturated carbocycles. The van der Waals surface area contributed by atoms with Crippen LogP contribution in [0, 0.1) is 11.8 Å². The molecule has 10 nitrogen and oxygen atoms in total. The Kier molecular flexibility index (Phi) is 6.33. The molecule has 3 aliphatic carbocycles. The van der Waals surface area contributed by atoms with E-state index in [1.807, 2.05) is 0 Å². The zero-order valence-corrected chi connectivity index (χ0v) is 21.7. The van der Waals surface area contributed by atoms with Crippen molar-refractivity contribution < 1.29 is 52.7 Å². The van der Waals surface area contributed by atoms with E-state index in [1.165, 1.54) is 12.1 Å². The number of halogens is 3. The molecule has 2 aromatic carbocycles. The van der Waals surface area contributed by atoms with Crippen molar-refractivity contribution in [2.75, 3.05) is 19.0 Å². The van der Waals surface area contributed by atoms with E-state index < -0.39 is 76.3 Å². The Balaban J connectivity index is 1.68. The lowest BCUT2D eigenvalue weighted by Gasteiger charge is -2.46. The Hall–Kier alpha value is -4.52. The van der Waals surface area contributed by atoms with Crippen molar-refractivity contribution >= 4 is 28.9 Å². The summed E-state index contributed by atoms with van der Waals surface area (Å²) in [5.74, 6) is -7.86. The number of benzene rings is 2. The second-order valence-electron chi connectivity index (χ2n) is 10.5. The van der Waals surface area contributed by atoms with Crippen molar-refractivity contribution in [3.8, 4) is 22.6 Å². The number of ketones is 2. The summed E-state index contributed by atoms with van der Waals surface area (Å²) in [5.41, 5.74) is 2.58. The lowest BCUT2D eigenvalue weighted by atomic mass is 9.59. The highest BCUT2D eigenvalue weighted by Gasteiger charge is 2.60. The van der Waals surface area contributed by atoms with Crippen LogP contribution in [0.5, 0.6) is 11.5 Å². The predicted molar refractivity (Wildman–Crippen MR) is 138 cm³/mol. The smallest absolute Gasteiger partial charge is 0.508 e. The van der Waals surface area contributed by atoms with Gasteiger partial charge in [0.2, 0.25) is 5.78 Å². The molecule has 0 spiro atoms. The van der Waals surface area contributed by atoms with Gasteiger partial charge in [-0.3, -0.25) is 14.4 Å². The number of Topliss-reactive ketones (excluding diaryl/α,β-unsaturated/α-hetero) is 2. The Morgan fingerprint density at radius 2 is 1.73 bits per heavy atom. The van der Waals surface area contributed by atoms with Crippen molar-refractivity contribution in [1.82, 2.24) is 0 Å². The van der Waals surface area contributed by atoms with E-state index in [2.05, 4.69) is 4.74 Å². The number of phenolic OH excluding ortho intramolecular Hbond substituents is 1. The van der Waals surface area contributed by atoms with Crippen molar-refractivity contribution in [3.05, 3.63) is 58.4 Å². The van der Waals surface area contributed by atoms with Crippen LogP contribution in [0.1, 0.15) is 24.0 Å². The number of primary amides is 1. The molecule has 3 unspecified atom stereocenters. The number of aromatic hydroxyl groups is 1. The highest BCUT2D eigenvalue weighted by atomic mass is 19.4. The number of carbonyl (C=O) groups is 3. The molecule has 1 amide bonds. The Bertz CT molecular complexity index is 1580. The molecule has 0 heterocycles. The van der Waals surface area contributed by atoms with Gasteiger partial charge in [0.25, 0.3) is 5.91 Å². The normalized spacial score (nSPS) is 24.0. The van der Waals surface area contributed by atoms with Crippen LogP contribution in [0.25, 0.3) is 16.9 Å². The number of amides is 1. The van der Waals surface area contributed by atoms with Gasteiger partial charge < -0.3 is 35.8 Å². The number of phenols is 1. The van der Waals surface area contributed by atoms with Crippen LogP contribution in [-0.2, 0) is 20.8 Å². The minimum Gasteiger partial charge on any atom is -0.508 e. The third-order valence-electron chi connectivity index (χ3n) is 7.92. The molecule has 13 heteroatoms. The fourth-order valence-corrected chi connectivity index (χ4v) is 6.12. The van der Waals surface area contributed by atoms with Crippen LogP contribution in [0.3, 0.4) is 0 Å². The van der Waals surface area contributed by atoms with E-state index in [4.69, 9.17) is 5.73 Å². The molecular weight excluding hydrogens is 549 g/mol. The minimum atomic E-state index is -4.90. The van der Waals surface area contributed by atoms with E-state index in [0.717, 1.165) is 12.1 Å². The van der Waals surface area contributed by atoms with Gasteiger partial charge in [-0.1, -0.05) is 12.1 Å². The van der Waals surface area contributed by atoms with Crippen LogP contribution in [-0.4, -0.2) is 64.0 Å². The molecule has 2 aromatic rings. The maximum absolute atomic E-state index is 13.7. The topological polar surface area (TPSA) is 171 Å². The second kappa shape index (κ2) is 9.26. The summed E-state index contributed by atoms with van der Waals surface area (Å²) < 4.78 is 41.7. The lowest BCUT2D eigenvalue weighted by Crippen LogP contribution is -2.58. The number of aliphatic hydroxyl groups excluding tert-OH is 2. The van der Waals surface area contributed by atoms with Gasteiger partial charge >= 0.3 is 6.36 Å². The number of carbonyl (C=O) groups excluding carboxylic acids is 3. The number of aliphatic hydroxyl groups is 3. The molecule has 0 saturated heterocycles.